The zero-order valence-electron chi connectivity index (χ0n) is 9.41. The number of rotatable bonds is 3. The van der Waals surface area contributed by atoms with Gasteiger partial charge >= 0.3 is 10.1 Å². The first-order valence-electron chi connectivity index (χ1n) is 5.13. The number of hydrogen-bond donors (Lipinski definition) is 2. The number of nitrogens with two attached hydrogens (primary N) is 2. The highest BCUT2D eigenvalue weighted by atomic mass is 32.2. The third kappa shape index (κ3) is 2.54. The van der Waals surface area contributed by atoms with Crippen molar-refractivity contribution < 1.29 is 12.6 Å². The summed E-state index contributed by atoms with van der Waals surface area (Å²) in [5.41, 5.74) is 11.6. The molecule has 0 aromatic heterocycles. The predicted octanol–water partition coefficient (Wildman–Crippen LogP) is 1.62. The van der Waals surface area contributed by atoms with Gasteiger partial charge in [-0.25, -0.2) is 0 Å². The normalized spacial score (nSPS) is 11.1. The molecule has 0 amide bonds. The first-order valence-corrected chi connectivity index (χ1v) is 6.54. The van der Waals surface area contributed by atoms with Crippen molar-refractivity contribution in [2.45, 2.75) is 4.90 Å². The molecule has 2 rings (SSSR count). The lowest BCUT2D eigenvalue weighted by Gasteiger charge is -2.08. The van der Waals surface area contributed by atoms with Gasteiger partial charge in [-0.1, -0.05) is 18.2 Å². The Balaban J connectivity index is 2.34. The standard InChI is InChI=1S/C12H12N2O3S/c13-11-7-6-10(8-12(11)14)18(15,16)17-9-4-2-1-3-5-9/h1-8H,13-14H2. The van der Waals surface area contributed by atoms with Crippen molar-refractivity contribution in [1.29, 1.82) is 0 Å². The summed E-state index contributed by atoms with van der Waals surface area (Å²) in [6.07, 6.45) is 0. The Hall–Kier alpha value is -2.21. The van der Waals surface area contributed by atoms with Gasteiger partial charge in [0.2, 0.25) is 0 Å². The summed E-state index contributed by atoms with van der Waals surface area (Å²) in [4.78, 5) is -0.0296. The second kappa shape index (κ2) is 4.58. The maximum absolute atomic E-state index is 11.9. The minimum atomic E-state index is -3.89. The average Bonchev–Trinajstić information content (AvgIpc) is 2.33. The summed E-state index contributed by atoms with van der Waals surface area (Å²) >= 11 is 0. The van der Waals surface area contributed by atoms with E-state index in [0.717, 1.165) is 0 Å². The molecular formula is C12H12N2O3S. The molecule has 0 unspecified atom stereocenters. The van der Waals surface area contributed by atoms with E-state index in [1.807, 2.05) is 0 Å². The summed E-state index contributed by atoms with van der Waals surface area (Å²) in [5.74, 6) is 0.243. The summed E-state index contributed by atoms with van der Waals surface area (Å²) in [6, 6.07) is 12.3. The Morgan fingerprint density at radius 3 is 2.17 bits per heavy atom. The molecule has 0 bridgehead atoms. The van der Waals surface area contributed by atoms with Crippen LogP contribution in [0.5, 0.6) is 5.75 Å². The number of nitrogen functional groups attached to an aromatic ring is 2. The zero-order chi connectivity index (χ0) is 13.2. The van der Waals surface area contributed by atoms with Gasteiger partial charge in [0, 0.05) is 0 Å². The number of para-hydroxylation sites is 1. The Morgan fingerprint density at radius 2 is 1.56 bits per heavy atom. The van der Waals surface area contributed by atoms with Crippen molar-refractivity contribution in [1.82, 2.24) is 0 Å². The van der Waals surface area contributed by atoms with Crippen molar-refractivity contribution in [2.75, 3.05) is 11.5 Å². The Morgan fingerprint density at radius 1 is 0.889 bits per heavy atom. The molecule has 18 heavy (non-hydrogen) atoms. The minimum absolute atomic E-state index is 0.0296. The Labute approximate surface area is 105 Å². The first kappa shape index (κ1) is 12.3. The minimum Gasteiger partial charge on any atom is -0.397 e. The highest BCUT2D eigenvalue weighted by molar-refractivity contribution is 7.87. The third-order valence-electron chi connectivity index (χ3n) is 2.30. The molecule has 2 aromatic carbocycles. The molecule has 0 heterocycles. The maximum Gasteiger partial charge on any atom is 0.339 e. The number of anilines is 2. The van der Waals surface area contributed by atoms with Crippen LogP contribution in [0.25, 0.3) is 0 Å². The smallest absolute Gasteiger partial charge is 0.339 e. The molecule has 4 N–H and O–H groups in total. The van der Waals surface area contributed by atoms with Crippen LogP contribution in [0.3, 0.4) is 0 Å². The van der Waals surface area contributed by atoms with Gasteiger partial charge in [-0.3, -0.25) is 0 Å². The van der Waals surface area contributed by atoms with Gasteiger partial charge in [-0.05, 0) is 30.3 Å². The summed E-state index contributed by atoms with van der Waals surface area (Å²) in [5, 5.41) is 0. The van der Waals surface area contributed by atoms with Crippen LogP contribution in [0, 0.1) is 0 Å². The predicted molar refractivity (Wildman–Crippen MR) is 69.5 cm³/mol. The molecule has 0 aliphatic carbocycles. The monoisotopic (exact) mass is 264 g/mol. The molecular weight excluding hydrogens is 252 g/mol. The van der Waals surface area contributed by atoms with E-state index in [9.17, 15) is 8.42 Å². The SMILES string of the molecule is Nc1ccc(S(=O)(=O)Oc2ccccc2)cc1N. The van der Waals surface area contributed by atoms with E-state index in [0.29, 0.717) is 5.69 Å². The van der Waals surface area contributed by atoms with Crippen LogP contribution < -0.4 is 15.7 Å². The molecule has 5 nitrogen and oxygen atoms in total. The fraction of sp³-hybridized carbons (Fsp3) is 0. The molecule has 0 saturated carbocycles. The Bertz CT molecular complexity index is 654. The Kier molecular flexibility index (Phi) is 3.12. The molecule has 0 radical (unpaired) electrons. The summed E-state index contributed by atoms with van der Waals surface area (Å²) < 4.78 is 28.9. The van der Waals surface area contributed by atoms with E-state index < -0.39 is 10.1 Å². The van der Waals surface area contributed by atoms with Gasteiger partial charge in [0.1, 0.15) is 10.6 Å². The van der Waals surface area contributed by atoms with Crippen molar-refractivity contribution in [3.8, 4) is 5.75 Å². The number of benzene rings is 2. The highest BCUT2D eigenvalue weighted by Gasteiger charge is 2.17. The van der Waals surface area contributed by atoms with Crippen LogP contribution in [-0.4, -0.2) is 8.42 Å². The van der Waals surface area contributed by atoms with Gasteiger partial charge in [-0.2, -0.15) is 8.42 Å². The molecule has 0 fully saturated rings. The average molecular weight is 264 g/mol. The largest absolute Gasteiger partial charge is 0.397 e. The van der Waals surface area contributed by atoms with Gasteiger partial charge < -0.3 is 15.7 Å². The summed E-state index contributed by atoms with van der Waals surface area (Å²) in [6.45, 7) is 0. The van der Waals surface area contributed by atoms with Crippen molar-refractivity contribution in [3.63, 3.8) is 0 Å². The van der Waals surface area contributed by atoms with Crippen molar-refractivity contribution in [3.05, 3.63) is 48.5 Å². The van der Waals surface area contributed by atoms with Gasteiger partial charge in [0.25, 0.3) is 0 Å². The second-order valence-electron chi connectivity index (χ2n) is 3.64. The quantitative estimate of drug-likeness (QED) is 0.648. The van der Waals surface area contributed by atoms with Crippen molar-refractivity contribution >= 4 is 21.5 Å². The fourth-order valence-electron chi connectivity index (χ4n) is 1.36. The lowest BCUT2D eigenvalue weighted by atomic mass is 10.3. The van der Waals surface area contributed by atoms with E-state index in [1.165, 1.54) is 18.2 Å². The summed E-state index contributed by atoms with van der Waals surface area (Å²) in [7, 11) is -3.89. The van der Waals surface area contributed by atoms with Gasteiger partial charge in [0.15, 0.2) is 0 Å². The lowest BCUT2D eigenvalue weighted by Crippen LogP contribution is -2.10. The van der Waals surface area contributed by atoms with E-state index in [1.54, 1.807) is 30.3 Å². The lowest BCUT2D eigenvalue weighted by molar-refractivity contribution is 0.486. The topological polar surface area (TPSA) is 95.4 Å². The first-order chi connectivity index (χ1) is 8.49. The van der Waals surface area contributed by atoms with Crippen LogP contribution >= 0.6 is 0 Å². The highest BCUT2D eigenvalue weighted by Crippen LogP contribution is 2.22. The zero-order valence-corrected chi connectivity index (χ0v) is 10.2. The molecule has 6 heteroatoms. The maximum atomic E-state index is 11.9. The second-order valence-corrected chi connectivity index (χ2v) is 5.19. The van der Waals surface area contributed by atoms with Crippen LogP contribution in [0.1, 0.15) is 0 Å². The van der Waals surface area contributed by atoms with Gasteiger partial charge in [0.05, 0.1) is 11.4 Å². The van der Waals surface area contributed by atoms with Gasteiger partial charge in [-0.15, -0.1) is 0 Å². The molecule has 0 saturated heterocycles. The van der Waals surface area contributed by atoms with Crippen LogP contribution in [0.2, 0.25) is 0 Å². The van der Waals surface area contributed by atoms with Crippen molar-refractivity contribution in [2.24, 2.45) is 0 Å². The van der Waals surface area contributed by atoms with Crippen LogP contribution in [-0.2, 0) is 10.1 Å². The fourth-order valence-corrected chi connectivity index (χ4v) is 2.33. The molecule has 0 atom stereocenters. The third-order valence-corrected chi connectivity index (χ3v) is 3.54. The molecule has 0 spiro atoms. The van der Waals surface area contributed by atoms with E-state index >= 15 is 0 Å². The molecule has 94 valence electrons. The molecule has 0 aliphatic heterocycles. The van der Waals surface area contributed by atoms with Crippen LogP contribution in [0.4, 0.5) is 11.4 Å². The van der Waals surface area contributed by atoms with E-state index in [-0.39, 0.29) is 16.3 Å². The molecule has 2 aromatic rings. The number of hydrogen-bond acceptors (Lipinski definition) is 5. The van der Waals surface area contributed by atoms with E-state index in [2.05, 4.69) is 0 Å². The molecule has 0 aliphatic rings. The van der Waals surface area contributed by atoms with E-state index in [4.69, 9.17) is 15.7 Å². The van der Waals surface area contributed by atoms with Crippen LogP contribution in [0.15, 0.2) is 53.4 Å².